The van der Waals surface area contributed by atoms with Crippen molar-refractivity contribution in [3.05, 3.63) is 71.7 Å². The third-order valence-corrected chi connectivity index (χ3v) is 4.81. The van der Waals surface area contributed by atoms with Crippen molar-refractivity contribution in [2.45, 2.75) is 39.5 Å². The van der Waals surface area contributed by atoms with Gasteiger partial charge < -0.3 is 0 Å². The van der Waals surface area contributed by atoms with Gasteiger partial charge in [0, 0.05) is 22.4 Å². The fraction of sp³-hybridized carbons (Fsp3) is 0.292. The van der Waals surface area contributed by atoms with Gasteiger partial charge in [-0.3, -0.25) is 4.98 Å². The Kier molecular flexibility index (Phi) is 4.14. The summed E-state index contributed by atoms with van der Waals surface area (Å²) in [5, 5.41) is 1.12. The Balaban J connectivity index is 2.04. The Morgan fingerprint density at radius 2 is 1.69 bits per heavy atom. The smallest absolute Gasteiger partial charge is 0.123 e. The van der Waals surface area contributed by atoms with Gasteiger partial charge in [0.05, 0.1) is 11.2 Å². The van der Waals surface area contributed by atoms with Gasteiger partial charge in [0.2, 0.25) is 0 Å². The molecule has 1 aliphatic rings. The van der Waals surface area contributed by atoms with Crippen LogP contribution in [0.25, 0.3) is 28.1 Å². The maximum Gasteiger partial charge on any atom is 0.123 e. The molecular weight excluding hydrogens is 321 g/mol. The maximum atomic E-state index is 13.5. The van der Waals surface area contributed by atoms with E-state index in [-0.39, 0.29) is 11.2 Å². The molecule has 0 amide bonds. The van der Waals surface area contributed by atoms with Crippen molar-refractivity contribution in [1.82, 2.24) is 4.98 Å². The van der Waals surface area contributed by atoms with Gasteiger partial charge in [0.15, 0.2) is 0 Å². The third-order valence-electron chi connectivity index (χ3n) is 4.81. The lowest BCUT2D eigenvalue weighted by molar-refractivity contribution is 0.547. The van der Waals surface area contributed by atoms with Crippen molar-refractivity contribution < 1.29 is 4.39 Å². The van der Waals surface area contributed by atoms with Crippen LogP contribution in [0.15, 0.2) is 54.6 Å². The van der Waals surface area contributed by atoms with Crippen LogP contribution in [0, 0.1) is 11.2 Å². The van der Waals surface area contributed by atoms with Gasteiger partial charge in [-0.1, -0.05) is 63.3 Å². The highest BCUT2D eigenvalue weighted by Gasteiger charge is 2.29. The molecule has 1 nitrogen and oxygen atoms in total. The number of para-hydroxylation sites is 1. The van der Waals surface area contributed by atoms with Crippen LogP contribution in [-0.2, 0) is 0 Å². The average molecular weight is 345 g/mol. The number of allylic oxidation sites excluding steroid dienone is 1. The first kappa shape index (κ1) is 17.0. The molecule has 1 heterocycles. The minimum Gasteiger partial charge on any atom is -0.252 e. The molecule has 1 saturated carbocycles. The molecule has 2 heteroatoms. The molecule has 3 aromatic rings. The highest BCUT2D eigenvalue weighted by Crippen LogP contribution is 2.45. The molecule has 2 aromatic carbocycles. The summed E-state index contributed by atoms with van der Waals surface area (Å²) in [6, 6.07) is 15.1. The summed E-state index contributed by atoms with van der Waals surface area (Å²) >= 11 is 0. The van der Waals surface area contributed by atoms with Gasteiger partial charge in [0.1, 0.15) is 5.82 Å². The van der Waals surface area contributed by atoms with E-state index in [9.17, 15) is 4.39 Å². The van der Waals surface area contributed by atoms with Crippen molar-refractivity contribution in [3.63, 3.8) is 0 Å². The molecule has 0 saturated heterocycles. The van der Waals surface area contributed by atoms with Crippen molar-refractivity contribution >= 4 is 17.0 Å². The van der Waals surface area contributed by atoms with E-state index in [0.717, 1.165) is 22.0 Å². The van der Waals surface area contributed by atoms with Gasteiger partial charge in [0.25, 0.3) is 0 Å². The second kappa shape index (κ2) is 6.35. The predicted molar refractivity (Wildman–Crippen MR) is 108 cm³/mol. The zero-order valence-electron chi connectivity index (χ0n) is 15.6. The lowest BCUT2D eigenvalue weighted by Gasteiger charge is -2.17. The number of hydrogen-bond donors (Lipinski definition) is 0. The number of benzene rings is 2. The van der Waals surface area contributed by atoms with Crippen molar-refractivity contribution in [2.24, 2.45) is 5.41 Å². The minimum absolute atomic E-state index is 0.0898. The first-order chi connectivity index (χ1) is 12.4. The van der Waals surface area contributed by atoms with E-state index in [0.29, 0.717) is 5.92 Å². The zero-order chi connectivity index (χ0) is 18.3. The molecular formula is C24H24FN. The normalized spacial score (nSPS) is 15.1. The molecule has 0 unspecified atom stereocenters. The molecule has 0 aliphatic heterocycles. The number of halogens is 1. The number of fused-ring (bicyclic) bond motifs is 1. The summed E-state index contributed by atoms with van der Waals surface area (Å²) in [7, 11) is 0. The van der Waals surface area contributed by atoms with E-state index >= 15 is 0 Å². The van der Waals surface area contributed by atoms with Crippen molar-refractivity contribution in [3.8, 4) is 11.1 Å². The largest absolute Gasteiger partial charge is 0.252 e. The molecule has 1 fully saturated rings. The Morgan fingerprint density at radius 3 is 2.35 bits per heavy atom. The number of rotatable bonds is 3. The van der Waals surface area contributed by atoms with Crippen LogP contribution in [0.3, 0.4) is 0 Å². The Bertz CT molecular complexity index is 974. The molecule has 0 atom stereocenters. The summed E-state index contributed by atoms with van der Waals surface area (Å²) in [4.78, 5) is 5.02. The van der Waals surface area contributed by atoms with Crippen LogP contribution < -0.4 is 0 Å². The van der Waals surface area contributed by atoms with Crippen LogP contribution in [0.4, 0.5) is 4.39 Å². The zero-order valence-corrected chi connectivity index (χ0v) is 15.6. The SMILES string of the molecule is CC(C)(C)/C=C/c1c(C2CC2)nc2ccccc2c1-c1ccc(F)cc1. The summed E-state index contributed by atoms with van der Waals surface area (Å²) in [6.45, 7) is 6.60. The molecule has 26 heavy (non-hydrogen) atoms. The van der Waals surface area contributed by atoms with E-state index in [4.69, 9.17) is 4.98 Å². The lowest BCUT2D eigenvalue weighted by atomic mass is 9.89. The minimum atomic E-state index is -0.207. The number of pyridine rings is 1. The lowest BCUT2D eigenvalue weighted by Crippen LogP contribution is -2.01. The number of aromatic nitrogens is 1. The van der Waals surface area contributed by atoms with Gasteiger partial charge in [-0.15, -0.1) is 0 Å². The topological polar surface area (TPSA) is 12.9 Å². The second-order valence-corrected chi connectivity index (χ2v) is 8.28. The fourth-order valence-electron chi connectivity index (χ4n) is 3.34. The predicted octanol–water partition coefficient (Wildman–Crippen LogP) is 6.98. The van der Waals surface area contributed by atoms with Crippen LogP contribution in [0.5, 0.6) is 0 Å². The van der Waals surface area contributed by atoms with Gasteiger partial charge >= 0.3 is 0 Å². The molecule has 1 aliphatic carbocycles. The van der Waals surface area contributed by atoms with Crippen LogP contribution in [-0.4, -0.2) is 4.98 Å². The molecule has 0 N–H and O–H groups in total. The quantitative estimate of drug-likeness (QED) is 0.499. The summed E-state index contributed by atoms with van der Waals surface area (Å²) in [6.07, 6.45) is 6.87. The van der Waals surface area contributed by atoms with Crippen LogP contribution >= 0.6 is 0 Å². The van der Waals surface area contributed by atoms with Gasteiger partial charge in [-0.05, 0) is 42.0 Å². The van der Waals surface area contributed by atoms with E-state index in [2.05, 4.69) is 45.1 Å². The molecule has 0 spiro atoms. The molecule has 1 aromatic heterocycles. The van der Waals surface area contributed by atoms with E-state index in [1.807, 2.05) is 24.3 Å². The van der Waals surface area contributed by atoms with E-state index in [1.165, 1.54) is 24.1 Å². The fourth-order valence-corrected chi connectivity index (χ4v) is 3.34. The van der Waals surface area contributed by atoms with Crippen molar-refractivity contribution in [2.75, 3.05) is 0 Å². The number of hydrogen-bond acceptors (Lipinski definition) is 1. The van der Waals surface area contributed by atoms with E-state index < -0.39 is 0 Å². The molecule has 132 valence electrons. The first-order valence-corrected chi connectivity index (χ1v) is 9.30. The summed E-state index contributed by atoms with van der Waals surface area (Å²) in [5.74, 6) is 0.333. The Hall–Kier alpha value is -2.48. The highest BCUT2D eigenvalue weighted by atomic mass is 19.1. The number of nitrogens with zero attached hydrogens (tertiary/aromatic N) is 1. The van der Waals surface area contributed by atoms with Crippen molar-refractivity contribution in [1.29, 1.82) is 0 Å². The molecule has 0 bridgehead atoms. The Morgan fingerprint density at radius 1 is 1.00 bits per heavy atom. The molecule has 4 rings (SSSR count). The van der Waals surface area contributed by atoms with E-state index in [1.54, 1.807) is 12.1 Å². The van der Waals surface area contributed by atoms with Gasteiger partial charge in [-0.2, -0.15) is 0 Å². The summed E-state index contributed by atoms with van der Waals surface area (Å²) < 4.78 is 13.5. The monoisotopic (exact) mass is 345 g/mol. The maximum absolute atomic E-state index is 13.5. The van der Waals surface area contributed by atoms with Crippen LogP contribution in [0.2, 0.25) is 0 Å². The average Bonchev–Trinajstić information content (AvgIpc) is 3.44. The first-order valence-electron chi connectivity index (χ1n) is 9.30. The molecule has 0 radical (unpaired) electrons. The summed E-state index contributed by atoms with van der Waals surface area (Å²) in [5.41, 5.74) is 5.68. The van der Waals surface area contributed by atoms with Crippen LogP contribution in [0.1, 0.15) is 50.8 Å². The van der Waals surface area contributed by atoms with Gasteiger partial charge in [-0.25, -0.2) is 4.39 Å². The third kappa shape index (κ3) is 3.41. The standard InChI is InChI=1S/C24H24FN/c1-24(2,3)15-14-20-22(16-10-12-18(25)13-11-16)19-6-4-5-7-21(19)26-23(20)17-8-9-17/h4-7,10-15,17H,8-9H2,1-3H3/b15-14+. The Labute approximate surface area is 154 Å². The highest BCUT2D eigenvalue weighted by molar-refractivity contribution is 5.99. The second-order valence-electron chi connectivity index (χ2n) is 8.28.